The molecule has 0 saturated heterocycles. The SMILES string of the molecule is CSC1CCCC1Nc1ncc(C)cc1[N+](=O)[O-]. The van der Waals surface area contributed by atoms with Crippen molar-refractivity contribution in [1.29, 1.82) is 0 Å². The highest BCUT2D eigenvalue weighted by molar-refractivity contribution is 7.99. The summed E-state index contributed by atoms with van der Waals surface area (Å²) in [5, 5.41) is 14.8. The molecule has 0 aromatic carbocycles. The minimum Gasteiger partial charge on any atom is -0.360 e. The summed E-state index contributed by atoms with van der Waals surface area (Å²) in [5.74, 6) is 0.400. The fourth-order valence-electron chi connectivity index (χ4n) is 2.35. The molecule has 1 aromatic rings. The van der Waals surface area contributed by atoms with Gasteiger partial charge < -0.3 is 5.32 Å². The van der Waals surface area contributed by atoms with Crippen LogP contribution in [0, 0.1) is 17.0 Å². The molecule has 1 heterocycles. The van der Waals surface area contributed by atoms with E-state index >= 15 is 0 Å². The van der Waals surface area contributed by atoms with Crippen LogP contribution in [0.3, 0.4) is 0 Å². The monoisotopic (exact) mass is 267 g/mol. The average molecular weight is 267 g/mol. The summed E-state index contributed by atoms with van der Waals surface area (Å²) in [6, 6.07) is 1.85. The molecular weight excluding hydrogens is 250 g/mol. The van der Waals surface area contributed by atoms with Crippen LogP contribution in [-0.4, -0.2) is 27.5 Å². The number of pyridine rings is 1. The van der Waals surface area contributed by atoms with E-state index in [9.17, 15) is 10.1 Å². The van der Waals surface area contributed by atoms with E-state index in [1.807, 2.05) is 18.7 Å². The maximum absolute atomic E-state index is 11.0. The number of rotatable bonds is 4. The fourth-order valence-corrected chi connectivity index (χ4v) is 3.29. The largest absolute Gasteiger partial charge is 0.360 e. The molecule has 1 aliphatic rings. The Morgan fingerprint density at radius 1 is 1.56 bits per heavy atom. The molecule has 2 atom stereocenters. The summed E-state index contributed by atoms with van der Waals surface area (Å²) in [4.78, 5) is 14.8. The number of anilines is 1. The molecule has 1 saturated carbocycles. The van der Waals surface area contributed by atoms with Crippen LogP contribution >= 0.6 is 11.8 Å². The van der Waals surface area contributed by atoms with E-state index in [1.54, 1.807) is 12.3 Å². The van der Waals surface area contributed by atoms with Crippen molar-refractivity contribution >= 4 is 23.3 Å². The number of aromatic nitrogens is 1. The van der Waals surface area contributed by atoms with Crippen molar-refractivity contribution in [2.45, 2.75) is 37.5 Å². The van der Waals surface area contributed by atoms with Crippen molar-refractivity contribution in [3.63, 3.8) is 0 Å². The molecular formula is C12H17N3O2S. The van der Waals surface area contributed by atoms with Gasteiger partial charge in [-0.25, -0.2) is 4.98 Å². The number of hydrogen-bond donors (Lipinski definition) is 1. The van der Waals surface area contributed by atoms with E-state index < -0.39 is 0 Å². The lowest BCUT2D eigenvalue weighted by atomic mass is 10.2. The predicted octanol–water partition coefficient (Wildman–Crippen LogP) is 2.99. The standard InChI is InChI=1S/C12H17N3O2S/c1-8-6-10(15(16)17)12(13-7-8)14-9-4-3-5-11(9)18-2/h6-7,9,11H,3-5H2,1-2H3,(H,13,14). The van der Waals surface area contributed by atoms with Gasteiger partial charge in [0.05, 0.1) is 4.92 Å². The lowest BCUT2D eigenvalue weighted by Gasteiger charge is -2.19. The number of hydrogen-bond acceptors (Lipinski definition) is 5. The first-order valence-corrected chi connectivity index (χ1v) is 7.31. The Bertz CT molecular complexity index is 453. The van der Waals surface area contributed by atoms with Gasteiger partial charge in [0.2, 0.25) is 5.82 Å². The van der Waals surface area contributed by atoms with Crippen molar-refractivity contribution in [3.8, 4) is 0 Å². The predicted molar refractivity (Wildman–Crippen MR) is 74.2 cm³/mol. The Kier molecular flexibility index (Phi) is 4.06. The van der Waals surface area contributed by atoms with Crippen molar-refractivity contribution in [2.24, 2.45) is 0 Å². The van der Waals surface area contributed by atoms with Crippen LogP contribution < -0.4 is 5.32 Å². The molecule has 0 aliphatic heterocycles. The Balaban J connectivity index is 2.20. The molecule has 1 fully saturated rings. The topological polar surface area (TPSA) is 68.1 Å². The van der Waals surface area contributed by atoms with Gasteiger partial charge >= 0.3 is 5.69 Å². The third kappa shape index (κ3) is 2.75. The van der Waals surface area contributed by atoms with Gasteiger partial charge in [-0.1, -0.05) is 6.42 Å². The van der Waals surface area contributed by atoms with Crippen molar-refractivity contribution in [1.82, 2.24) is 4.98 Å². The Morgan fingerprint density at radius 2 is 2.33 bits per heavy atom. The first-order chi connectivity index (χ1) is 8.61. The van der Waals surface area contributed by atoms with Crippen LogP contribution in [0.5, 0.6) is 0 Å². The van der Waals surface area contributed by atoms with E-state index in [2.05, 4.69) is 16.6 Å². The molecule has 0 bridgehead atoms. The maximum Gasteiger partial charge on any atom is 0.311 e. The molecule has 18 heavy (non-hydrogen) atoms. The van der Waals surface area contributed by atoms with Gasteiger partial charge in [-0.2, -0.15) is 11.8 Å². The van der Waals surface area contributed by atoms with Gasteiger partial charge in [0.15, 0.2) is 0 Å². The second-order valence-electron chi connectivity index (χ2n) is 4.59. The maximum atomic E-state index is 11.0. The summed E-state index contributed by atoms with van der Waals surface area (Å²) in [5.41, 5.74) is 0.877. The molecule has 1 aromatic heterocycles. The highest BCUT2D eigenvalue weighted by Crippen LogP contribution is 2.32. The quantitative estimate of drug-likeness (QED) is 0.671. The highest BCUT2D eigenvalue weighted by atomic mass is 32.2. The molecule has 1 aliphatic carbocycles. The van der Waals surface area contributed by atoms with E-state index in [-0.39, 0.29) is 16.7 Å². The second-order valence-corrected chi connectivity index (χ2v) is 5.67. The van der Waals surface area contributed by atoms with Crippen molar-refractivity contribution in [3.05, 3.63) is 27.9 Å². The fraction of sp³-hybridized carbons (Fsp3) is 0.583. The molecule has 0 amide bonds. The third-order valence-electron chi connectivity index (χ3n) is 3.28. The Labute approximate surface area is 111 Å². The summed E-state index contributed by atoms with van der Waals surface area (Å²) in [6.45, 7) is 1.81. The first kappa shape index (κ1) is 13.1. The third-order valence-corrected chi connectivity index (χ3v) is 4.45. The van der Waals surface area contributed by atoms with Gasteiger partial charge in [0.25, 0.3) is 0 Å². The van der Waals surface area contributed by atoms with Gasteiger partial charge in [-0.3, -0.25) is 10.1 Å². The smallest absolute Gasteiger partial charge is 0.311 e. The second kappa shape index (κ2) is 5.56. The minimum absolute atomic E-state index is 0.0711. The normalized spacial score (nSPS) is 23.0. The summed E-state index contributed by atoms with van der Waals surface area (Å²) in [6.07, 6.45) is 7.14. The molecule has 2 unspecified atom stereocenters. The molecule has 1 N–H and O–H groups in total. The zero-order valence-electron chi connectivity index (χ0n) is 10.5. The van der Waals surface area contributed by atoms with Crippen LogP contribution in [0.1, 0.15) is 24.8 Å². The zero-order valence-corrected chi connectivity index (χ0v) is 11.4. The number of aryl methyl sites for hydroxylation is 1. The van der Waals surface area contributed by atoms with E-state index in [0.717, 1.165) is 12.0 Å². The zero-order chi connectivity index (χ0) is 13.1. The van der Waals surface area contributed by atoms with Crippen molar-refractivity contribution in [2.75, 3.05) is 11.6 Å². The average Bonchev–Trinajstić information content (AvgIpc) is 2.78. The first-order valence-electron chi connectivity index (χ1n) is 6.02. The number of nitro groups is 1. The summed E-state index contributed by atoms with van der Waals surface area (Å²) >= 11 is 1.82. The molecule has 2 rings (SSSR count). The minimum atomic E-state index is -0.370. The van der Waals surface area contributed by atoms with Gasteiger partial charge in [-0.15, -0.1) is 0 Å². The lowest BCUT2D eigenvalue weighted by Crippen LogP contribution is -2.26. The highest BCUT2D eigenvalue weighted by Gasteiger charge is 2.28. The molecule has 0 spiro atoms. The molecule has 0 radical (unpaired) electrons. The number of nitrogens with one attached hydrogen (secondary N) is 1. The van der Waals surface area contributed by atoms with Gasteiger partial charge in [0.1, 0.15) is 0 Å². The van der Waals surface area contributed by atoms with Crippen LogP contribution in [0.25, 0.3) is 0 Å². The van der Waals surface area contributed by atoms with Crippen LogP contribution in [0.15, 0.2) is 12.3 Å². The summed E-state index contributed by atoms with van der Waals surface area (Å²) in [7, 11) is 0. The van der Waals surface area contributed by atoms with Crippen LogP contribution in [0.2, 0.25) is 0 Å². The summed E-state index contributed by atoms with van der Waals surface area (Å²) < 4.78 is 0. The van der Waals surface area contributed by atoms with E-state index in [1.165, 1.54) is 12.8 Å². The van der Waals surface area contributed by atoms with Gasteiger partial charge in [0, 0.05) is 23.6 Å². The van der Waals surface area contributed by atoms with Crippen LogP contribution in [0.4, 0.5) is 11.5 Å². The molecule has 98 valence electrons. The van der Waals surface area contributed by atoms with E-state index in [0.29, 0.717) is 11.1 Å². The Hall–Kier alpha value is -1.30. The Morgan fingerprint density at radius 3 is 3.00 bits per heavy atom. The molecule has 5 nitrogen and oxygen atoms in total. The molecule has 6 heteroatoms. The van der Waals surface area contributed by atoms with Gasteiger partial charge in [-0.05, 0) is 31.6 Å². The van der Waals surface area contributed by atoms with Crippen LogP contribution in [-0.2, 0) is 0 Å². The number of thioether (sulfide) groups is 1. The lowest BCUT2D eigenvalue weighted by molar-refractivity contribution is -0.384. The van der Waals surface area contributed by atoms with E-state index in [4.69, 9.17) is 0 Å². The van der Waals surface area contributed by atoms with Crippen molar-refractivity contribution < 1.29 is 4.92 Å². The number of nitrogens with zero attached hydrogens (tertiary/aromatic N) is 2.